The Balaban J connectivity index is 1.25. The van der Waals surface area contributed by atoms with Gasteiger partial charge in [-0.15, -0.1) is 5.10 Å². The summed E-state index contributed by atoms with van der Waals surface area (Å²) in [5, 5.41) is 17.6. The van der Waals surface area contributed by atoms with Gasteiger partial charge in [0.25, 0.3) is 0 Å². The normalized spacial score (nSPS) is 18.5. The molecule has 250 valence electrons. The highest BCUT2D eigenvalue weighted by Crippen LogP contribution is 2.31. The van der Waals surface area contributed by atoms with Gasteiger partial charge in [-0.3, -0.25) is 19.8 Å². The number of ether oxygens (including phenoxy) is 1. The van der Waals surface area contributed by atoms with Gasteiger partial charge in [0.2, 0.25) is 11.8 Å². The first-order valence-corrected chi connectivity index (χ1v) is 16.2. The summed E-state index contributed by atoms with van der Waals surface area (Å²) in [6.45, 7) is 4.57. The van der Waals surface area contributed by atoms with Crippen LogP contribution in [0.5, 0.6) is 0 Å². The summed E-state index contributed by atoms with van der Waals surface area (Å²) < 4.78 is 6.11. The van der Waals surface area contributed by atoms with Crippen LogP contribution in [0.4, 0.5) is 10.5 Å². The van der Waals surface area contributed by atoms with Gasteiger partial charge in [0, 0.05) is 53.1 Å². The minimum atomic E-state index is -0.826. The van der Waals surface area contributed by atoms with Gasteiger partial charge in [0.05, 0.1) is 25.3 Å². The summed E-state index contributed by atoms with van der Waals surface area (Å²) in [6, 6.07) is 11.5. The molecule has 2 aromatic carbocycles. The SMILES string of the molecule is COC(=O)Nc1ccc(-c2nc([C@H](CC(=O)N3CCN4CCCC4C3C)NC(=O)/C=C/c3cc(Cl)ccc3-n3cnnn3)[nH]c2Cl)cc1. The second-order valence-corrected chi connectivity index (χ2v) is 12.4. The first-order chi connectivity index (χ1) is 23.2. The number of piperazine rings is 1. The third kappa shape index (κ3) is 7.35. The number of anilines is 1. The van der Waals surface area contributed by atoms with Crippen molar-refractivity contribution in [1.82, 2.24) is 45.3 Å². The largest absolute Gasteiger partial charge is 0.453 e. The number of hydrogen-bond donors (Lipinski definition) is 3. The lowest BCUT2D eigenvalue weighted by molar-refractivity contribution is -0.137. The molecule has 16 heteroatoms. The monoisotopic (exact) mass is 692 g/mol. The summed E-state index contributed by atoms with van der Waals surface area (Å²) in [5.74, 6) is -0.228. The van der Waals surface area contributed by atoms with Crippen LogP contribution >= 0.6 is 23.2 Å². The van der Waals surface area contributed by atoms with E-state index in [1.54, 1.807) is 48.5 Å². The molecule has 2 aromatic heterocycles. The Bertz CT molecular complexity index is 1810. The summed E-state index contributed by atoms with van der Waals surface area (Å²) in [6.07, 6.45) is 5.95. The Morgan fingerprint density at radius 2 is 1.94 bits per heavy atom. The zero-order valence-corrected chi connectivity index (χ0v) is 27.8. The highest BCUT2D eigenvalue weighted by atomic mass is 35.5. The number of fused-ring (bicyclic) bond motifs is 1. The molecule has 4 aromatic rings. The van der Waals surface area contributed by atoms with Crippen molar-refractivity contribution in [3.05, 3.63) is 76.4 Å². The van der Waals surface area contributed by atoms with Crippen molar-refractivity contribution in [3.8, 4) is 16.9 Å². The van der Waals surface area contributed by atoms with Crippen molar-refractivity contribution in [2.24, 2.45) is 0 Å². The summed E-state index contributed by atoms with van der Waals surface area (Å²) in [5.41, 5.74) is 2.84. The van der Waals surface area contributed by atoms with Gasteiger partial charge in [0.15, 0.2) is 0 Å². The summed E-state index contributed by atoms with van der Waals surface area (Å²) in [4.78, 5) is 51.0. The Labute approximate surface area is 286 Å². The van der Waals surface area contributed by atoms with Crippen LogP contribution in [0.1, 0.15) is 43.6 Å². The van der Waals surface area contributed by atoms with Crippen molar-refractivity contribution in [1.29, 1.82) is 0 Å². The number of tetrazole rings is 1. The number of H-pyrrole nitrogens is 1. The molecule has 0 spiro atoms. The maximum atomic E-state index is 13.8. The van der Waals surface area contributed by atoms with Crippen molar-refractivity contribution in [2.75, 3.05) is 32.1 Å². The number of imidazole rings is 1. The van der Waals surface area contributed by atoms with Gasteiger partial charge in [-0.05, 0) is 73.1 Å². The van der Waals surface area contributed by atoms with Crippen molar-refractivity contribution in [2.45, 2.75) is 44.3 Å². The number of aromatic amines is 1. The van der Waals surface area contributed by atoms with Gasteiger partial charge in [0.1, 0.15) is 23.0 Å². The number of aromatic nitrogens is 6. The van der Waals surface area contributed by atoms with Crippen LogP contribution in [0.25, 0.3) is 23.0 Å². The number of methoxy groups -OCH3 is 1. The number of rotatable bonds is 9. The summed E-state index contributed by atoms with van der Waals surface area (Å²) in [7, 11) is 1.28. The first-order valence-electron chi connectivity index (χ1n) is 15.5. The quantitative estimate of drug-likeness (QED) is 0.214. The van der Waals surface area contributed by atoms with Crippen molar-refractivity contribution < 1.29 is 19.1 Å². The Morgan fingerprint density at radius 3 is 2.69 bits per heavy atom. The zero-order chi connectivity index (χ0) is 33.8. The number of nitrogens with one attached hydrogen (secondary N) is 3. The molecule has 2 aliphatic heterocycles. The molecule has 0 bridgehead atoms. The van der Waals surface area contributed by atoms with Crippen LogP contribution in [0, 0.1) is 0 Å². The topological polar surface area (TPSA) is 163 Å². The molecular weight excluding hydrogens is 659 g/mol. The van der Waals surface area contributed by atoms with Crippen molar-refractivity contribution >= 4 is 52.9 Å². The van der Waals surface area contributed by atoms with E-state index >= 15 is 0 Å². The lowest BCUT2D eigenvalue weighted by Gasteiger charge is -2.43. The third-order valence-corrected chi connectivity index (χ3v) is 9.21. The molecule has 4 heterocycles. The third-order valence-electron chi connectivity index (χ3n) is 8.70. The molecule has 2 fully saturated rings. The van der Waals surface area contributed by atoms with E-state index in [-0.39, 0.29) is 23.5 Å². The number of hydrogen-bond acceptors (Lipinski definition) is 9. The molecule has 0 radical (unpaired) electrons. The molecule has 3 N–H and O–H groups in total. The average molecular weight is 694 g/mol. The Morgan fingerprint density at radius 1 is 1.12 bits per heavy atom. The molecule has 48 heavy (non-hydrogen) atoms. The number of benzene rings is 2. The number of halogens is 2. The first kappa shape index (κ1) is 33.1. The van der Waals surface area contributed by atoms with Gasteiger partial charge in [-0.25, -0.2) is 9.78 Å². The highest BCUT2D eigenvalue weighted by Gasteiger charge is 2.39. The fourth-order valence-electron chi connectivity index (χ4n) is 6.31. The number of nitrogens with zero attached hydrogens (tertiary/aromatic N) is 7. The van der Waals surface area contributed by atoms with E-state index < -0.39 is 18.0 Å². The highest BCUT2D eigenvalue weighted by molar-refractivity contribution is 6.32. The fraction of sp³-hybridized carbons (Fsp3) is 0.344. The lowest BCUT2D eigenvalue weighted by atomic mass is 10.0. The molecule has 0 saturated carbocycles. The number of amides is 3. The molecule has 2 saturated heterocycles. The Kier molecular flexibility index (Phi) is 10.0. The fourth-order valence-corrected chi connectivity index (χ4v) is 6.74. The maximum Gasteiger partial charge on any atom is 0.411 e. The van der Waals surface area contributed by atoms with E-state index in [4.69, 9.17) is 28.2 Å². The second-order valence-electron chi connectivity index (χ2n) is 11.6. The van der Waals surface area contributed by atoms with Gasteiger partial charge in [-0.1, -0.05) is 35.3 Å². The van der Waals surface area contributed by atoms with Gasteiger partial charge in [-0.2, -0.15) is 4.68 Å². The van der Waals surface area contributed by atoms with E-state index in [9.17, 15) is 14.4 Å². The van der Waals surface area contributed by atoms with Crippen LogP contribution in [0.3, 0.4) is 0 Å². The van der Waals surface area contributed by atoms with Crippen LogP contribution in [-0.2, 0) is 14.3 Å². The molecule has 3 amide bonds. The average Bonchev–Trinajstić information content (AvgIpc) is 3.86. The molecule has 14 nitrogen and oxygen atoms in total. The van der Waals surface area contributed by atoms with Crippen LogP contribution in [0.2, 0.25) is 10.2 Å². The van der Waals surface area contributed by atoms with E-state index in [1.165, 1.54) is 24.2 Å². The van der Waals surface area contributed by atoms with E-state index in [2.05, 4.69) is 47.7 Å². The Hall–Kier alpha value is -4.79. The number of carbonyl (C=O) groups excluding carboxylic acids is 3. The van der Waals surface area contributed by atoms with Crippen LogP contribution in [-0.4, -0.2) is 96.7 Å². The van der Waals surface area contributed by atoms with Gasteiger partial charge >= 0.3 is 6.09 Å². The van der Waals surface area contributed by atoms with Crippen molar-refractivity contribution in [3.63, 3.8) is 0 Å². The zero-order valence-electron chi connectivity index (χ0n) is 26.3. The smallest absolute Gasteiger partial charge is 0.411 e. The molecule has 2 unspecified atom stereocenters. The molecule has 2 aliphatic rings. The number of carbonyl (C=O) groups is 3. The van der Waals surface area contributed by atoms with E-state index in [0.29, 0.717) is 51.6 Å². The summed E-state index contributed by atoms with van der Waals surface area (Å²) >= 11 is 12.9. The molecular formula is C32H34Cl2N10O4. The predicted molar refractivity (Wildman–Crippen MR) is 180 cm³/mol. The van der Waals surface area contributed by atoms with Crippen LogP contribution < -0.4 is 10.6 Å². The van der Waals surface area contributed by atoms with Crippen LogP contribution in [0.15, 0.2) is 54.9 Å². The maximum absolute atomic E-state index is 13.8. The molecule has 0 aliphatic carbocycles. The second kappa shape index (κ2) is 14.5. The van der Waals surface area contributed by atoms with E-state index in [0.717, 1.165) is 25.9 Å². The minimum absolute atomic E-state index is 0.0328. The standard InChI is InChI=1S/C32H34Cl2N10O4/c1-19-25-4-3-13-42(25)14-15-43(19)28(46)17-24(31-38-29(30(34)39-31)20-5-9-23(10-6-20)36-32(47)48-2)37-27(45)12-7-21-16-22(33)8-11-26(21)44-18-35-40-41-44/h5-12,16,18-19,24-25H,3-4,13-15,17H2,1-2H3,(H,36,47)(H,37,45)(H,38,39)/b12-7+/t19?,24-,25?/m0/s1. The molecule has 3 atom stereocenters. The predicted octanol–water partition coefficient (Wildman–Crippen LogP) is 4.49. The molecule has 6 rings (SSSR count). The minimum Gasteiger partial charge on any atom is -0.453 e. The van der Waals surface area contributed by atoms with Gasteiger partial charge < -0.3 is 19.9 Å². The van der Waals surface area contributed by atoms with E-state index in [1.807, 2.05) is 4.90 Å². The lowest BCUT2D eigenvalue weighted by Crippen LogP contribution is -2.58.